The van der Waals surface area contributed by atoms with E-state index < -0.39 is 0 Å². The van der Waals surface area contributed by atoms with E-state index in [4.69, 9.17) is 13.9 Å². The highest BCUT2D eigenvalue weighted by Gasteiger charge is 1.98. The van der Waals surface area contributed by atoms with E-state index in [0.29, 0.717) is 6.79 Å². The second kappa shape index (κ2) is 6.62. The minimum absolute atomic E-state index is 0.389. The van der Waals surface area contributed by atoms with E-state index in [-0.39, 0.29) is 0 Å². The molecule has 0 saturated carbocycles. The van der Waals surface area contributed by atoms with Crippen LogP contribution in [0.4, 0.5) is 0 Å². The van der Waals surface area contributed by atoms with Crippen molar-refractivity contribution in [3.63, 3.8) is 0 Å². The van der Waals surface area contributed by atoms with E-state index in [1.165, 1.54) is 5.56 Å². The molecule has 0 N–H and O–H groups in total. The molecule has 0 amide bonds. The smallest absolute Gasteiger partial charge is 0.146 e. The lowest BCUT2D eigenvalue weighted by molar-refractivity contribution is -0.0314. The number of hydrogen-bond acceptors (Lipinski definition) is 3. The zero-order valence-corrected chi connectivity index (χ0v) is 8.91. The Morgan fingerprint density at radius 3 is 2.86 bits per heavy atom. The summed E-state index contributed by atoms with van der Waals surface area (Å²) >= 11 is 0. The Bertz CT molecular complexity index is 242. The summed E-state index contributed by atoms with van der Waals surface area (Å²) in [6, 6.07) is 2.08. The molecule has 0 aliphatic carbocycles. The van der Waals surface area contributed by atoms with E-state index in [1.54, 1.807) is 13.4 Å². The highest BCUT2D eigenvalue weighted by atomic mass is 16.7. The molecule has 0 unspecified atom stereocenters. The molecule has 3 nitrogen and oxygen atoms in total. The first-order chi connectivity index (χ1) is 6.83. The average molecular weight is 198 g/mol. The fraction of sp³-hybridized carbons (Fsp3) is 0.636. The van der Waals surface area contributed by atoms with Gasteiger partial charge in [-0.25, -0.2) is 0 Å². The SMILES string of the molecule is COCOCCCCc1cc(C)co1. The number of ether oxygens (including phenoxy) is 2. The minimum atomic E-state index is 0.389. The molecule has 0 bridgehead atoms. The summed E-state index contributed by atoms with van der Waals surface area (Å²) in [5, 5.41) is 0. The fourth-order valence-electron chi connectivity index (χ4n) is 1.27. The predicted molar refractivity (Wildman–Crippen MR) is 54.2 cm³/mol. The van der Waals surface area contributed by atoms with E-state index in [0.717, 1.165) is 31.6 Å². The average Bonchev–Trinajstić information content (AvgIpc) is 2.58. The molecule has 0 atom stereocenters. The van der Waals surface area contributed by atoms with Gasteiger partial charge in [-0.3, -0.25) is 0 Å². The van der Waals surface area contributed by atoms with Gasteiger partial charge >= 0.3 is 0 Å². The predicted octanol–water partition coefficient (Wildman–Crippen LogP) is 2.53. The highest BCUT2D eigenvalue weighted by molar-refractivity contribution is 5.10. The maximum absolute atomic E-state index is 5.33. The quantitative estimate of drug-likeness (QED) is 0.498. The van der Waals surface area contributed by atoms with Gasteiger partial charge in [0.05, 0.1) is 6.26 Å². The van der Waals surface area contributed by atoms with Crippen LogP contribution in [0.5, 0.6) is 0 Å². The van der Waals surface area contributed by atoms with Gasteiger partial charge in [0.1, 0.15) is 12.6 Å². The molecular formula is C11H18O3. The maximum atomic E-state index is 5.33. The number of aryl methyl sites for hydroxylation is 2. The van der Waals surface area contributed by atoms with Crippen LogP contribution in [0.15, 0.2) is 16.7 Å². The van der Waals surface area contributed by atoms with Gasteiger partial charge in [0.25, 0.3) is 0 Å². The number of furan rings is 1. The Labute approximate surface area is 85.0 Å². The first-order valence-electron chi connectivity index (χ1n) is 4.93. The molecule has 80 valence electrons. The van der Waals surface area contributed by atoms with Crippen molar-refractivity contribution in [1.29, 1.82) is 0 Å². The monoisotopic (exact) mass is 198 g/mol. The van der Waals surface area contributed by atoms with Crippen molar-refractivity contribution in [2.75, 3.05) is 20.5 Å². The lowest BCUT2D eigenvalue weighted by Gasteiger charge is -2.01. The van der Waals surface area contributed by atoms with Crippen LogP contribution in [0, 0.1) is 6.92 Å². The molecule has 0 aliphatic rings. The van der Waals surface area contributed by atoms with Crippen molar-refractivity contribution in [1.82, 2.24) is 0 Å². The summed E-state index contributed by atoms with van der Waals surface area (Å²) in [7, 11) is 1.63. The molecule has 0 radical (unpaired) electrons. The normalized spacial score (nSPS) is 10.7. The molecule has 14 heavy (non-hydrogen) atoms. The lowest BCUT2D eigenvalue weighted by Crippen LogP contribution is -1.98. The Balaban J connectivity index is 1.99. The molecule has 3 heteroatoms. The Kier molecular flexibility index (Phi) is 5.33. The molecule has 0 spiro atoms. The van der Waals surface area contributed by atoms with Crippen molar-refractivity contribution >= 4 is 0 Å². The summed E-state index contributed by atoms with van der Waals surface area (Å²) in [5.74, 6) is 1.06. The van der Waals surface area contributed by atoms with Crippen LogP contribution < -0.4 is 0 Å². The van der Waals surface area contributed by atoms with Gasteiger partial charge < -0.3 is 13.9 Å². The van der Waals surface area contributed by atoms with Crippen molar-refractivity contribution in [3.05, 3.63) is 23.7 Å². The number of hydrogen-bond donors (Lipinski definition) is 0. The van der Waals surface area contributed by atoms with Gasteiger partial charge in [0.2, 0.25) is 0 Å². The molecule has 0 fully saturated rings. The number of rotatable bonds is 7. The molecule has 1 aromatic heterocycles. The fourth-order valence-corrected chi connectivity index (χ4v) is 1.27. The third kappa shape index (κ3) is 4.44. The van der Waals surface area contributed by atoms with Gasteiger partial charge in [-0.1, -0.05) is 0 Å². The largest absolute Gasteiger partial charge is 0.469 e. The molecule has 0 aliphatic heterocycles. The van der Waals surface area contributed by atoms with Crippen LogP contribution in [0.1, 0.15) is 24.2 Å². The summed E-state index contributed by atoms with van der Waals surface area (Å²) < 4.78 is 15.3. The topological polar surface area (TPSA) is 31.6 Å². The summed E-state index contributed by atoms with van der Waals surface area (Å²) in [4.78, 5) is 0. The molecule has 1 heterocycles. The van der Waals surface area contributed by atoms with Crippen LogP contribution in [0.3, 0.4) is 0 Å². The van der Waals surface area contributed by atoms with Gasteiger partial charge in [0.15, 0.2) is 0 Å². The second-order valence-corrected chi connectivity index (χ2v) is 3.36. The lowest BCUT2D eigenvalue weighted by atomic mass is 10.2. The number of methoxy groups -OCH3 is 1. The Morgan fingerprint density at radius 2 is 2.21 bits per heavy atom. The van der Waals surface area contributed by atoms with Gasteiger partial charge in [-0.15, -0.1) is 0 Å². The molecule has 0 aromatic carbocycles. The third-order valence-electron chi connectivity index (χ3n) is 1.95. The van der Waals surface area contributed by atoms with Crippen molar-refractivity contribution < 1.29 is 13.9 Å². The van der Waals surface area contributed by atoms with Crippen molar-refractivity contribution in [3.8, 4) is 0 Å². The highest BCUT2D eigenvalue weighted by Crippen LogP contribution is 2.09. The van der Waals surface area contributed by atoms with E-state index in [1.807, 2.05) is 6.92 Å². The van der Waals surface area contributed by atoms with Crippen LogP contribution in [0.25, 0.3) is 0 Å². The Hall–Kier alpha value is -0.800. The van der Waals surface area contributed by atoms with E-state index >= 15 is 0 Å². The third-order valence-corrected chi connectivity index (χ3v) is 1.95. The van der Waals surface area contributed by atoms with Crippen LogP contribution >= 0.6 is 0 Å². The zero-order chi connectivity index (χ0) is 10.2. The minimum Gasteiger partial charge on any atom is -0.469 e. The zero-order valence-electron chi connectivity index (χ0n) is 8.91. The van der Waals surface area contributed by atoms with Gasteiger partial charge in [0, 0.05) is 20.1 Å². The van der Waals surface area contributed by atoms with Crippen LogP contribution in [0.2, 0.25) is 0 Å². The van der Waals surface area contributed by atoms with E-state index in [2.05, 4.69) is 6.07 Å². The standard InChI is InChI=1S/C11H18O3/c1-10-7-11(14-8-10)5-3-4-6-13-9-12-2/h7-8H,3-6,9H2,1-2H3. The van der Waals surface area contributed by atoms with Gasteiger partial charge in [-0.2, -0.15) is 0 Å². The first-order valence-corrected chi connectivity index (χ1v) is 4.93. The molecule has 0 saturated heterocycles. The summed E-state index contributed by atoms with van der Waals surface area (Å²) in [6.45, 7) is 3.18. The second-order valence-electron chi connectivity index (χ2n) is 3.36. The number of unbranched alkanes of at least 4 members (excludes halogenated alkanes) is 1. The van der Waals surface area contributed by atoms with E-state index in [9.17, 15) is 0 Å². The van der Waals surface area contributed by atoms with Crippen LogP contribution in [-0.4, -0.2) is 20.5 Å². The molecule has 1 aromatic rings. The molecule has 1 rings (SSSR count). The summed E-state index contributed by atoms with van der Waals surface area (Å²) in [6.07, 6.45) is 4.92. The maximum Gasteiger partial charge on any atom is 0.146 e. The first kappa shape index (κ1) is 11.3. The summed E-state index contributed by atoms with van der Waals surface area (Å²) in [5.41, 5.74) is 1.19. The van der Waals surface area contributed by atoms with Gasteiger partial charge in [-0.05, 0) is 31.4 Å². The van der Waals surface area contributed by atoms with Crippen molar-refractivity contribution in [2.24, 2.45) is 0 Å². The van der Waals surface area contributed by atoms with Crippen LogP contribution in [-0.2, 0) is 15.9 Å². The Morgan fingerprint density at radius 1 is 1.36 bits per heavy atom. The molecular weight excluding hydrogens is 180 g/mol. The van der Waals surface area contributed by atoms with Crippen molar-refractivity contribution in [2.45, 2.75) is 26.2 Å².